The Labute approximate surface area is 207 Å². The molecule has 0 saturated heterocycles. The highest BCUT2D eigenvalue weighted by atomic mass is 16.4. The molecule has 0 radical (unpaired) electrons. The number of anilines is 1. The van der Waals surface area contributed by atoms with Gasteiger partial charge in [-0.25, -0.2) is 0 Å². The average Bonchev–Trinajstić information content (AvgIpc) is 3.53. The number of nitrogens with two attached hydrogens (primary N) is 2. The zero-order valence-corrected chi connectivity index (χ0v) is 20.4. The number of ketones is 1. The summed E-state index contributed by atoms with van der Waals surface area (Å²) in [5.74, 6) is -0.665. The van der Waals surface area contributed by atoms with Gasteiger partial charge >= 0.3 is 11.8 Å². The van der Waals surface area contributed by atoms with Gasteiger partial charge in [0.1, 0.15) is 0 Å². The third kappa shape index (κ3) is 5.07. The first-order chi connectivity index (χ1) is 17.2. The van der Waals surface area contributed by atoms with Gasteiger partial charge in [-0.15, -0.1) is 20.4 Å². The van der Waals surface area contributed by atoms with Crippen molar-refractivity contribution >= 4 is 17.4 Å². The van der Waals surface area contributed by atoms with Crippen molar-refractivity contribution in [3.05, 3.63) is 76.7 Å². The lowest BCUT2D eigenvalue weighted by Gasteiger charge is -2.15. The van der Waals surface area contributed by atoms with Crippen LogP contribution in [0.5, 0.6) is 0 Å². The Balaban J connectivity index is 1.58. The molecule has 2 unspecified atom stereocenters. The lowest BCUT2D eigenvalue weighted by Crippen LogP contribution is -2.13. The van der Waals surface area contributed by atoms with E-state index in [9.17, 15) is 9.59 Å². The van der Waals surface area contributed by atoms with Crippen LogP contribution >= 0.6 is 0 Å². The smallest absolute Gasteiger partial charge is 0.313 e. The number of hydrogen-bond donors (Lipinski definition) is 3. The molecule has 0 bridgehead atoms. The lowest BCUT2D eigenvalue weighted by molar-refractivity contribution is 0.0955. The molecule has 0 saturated carbocycles. The second-order valence-corrected chi connectivity index (χ2v) is 8.59. The van der Waals surface area contributed by atoms with Gasteiger partial charge in [-0.1, -0.05) is 30.3 Å². The molecule has 11 heteroatoms. The number of rotatable bonds is 8. The first-order valence-electron chi connectivity index (χ1n) is 11.4. The molecule has 2 aromatic heterocycles. The van der Waals surface area contributed by atoms with Crippen LogP contribution in [0, 0.1) is 13.8 Å². The maximum atomic E-state index is 12.8. The highest BCUT2D eigenvalue weighted by Gasteiger charge is 2.21. The van der Waals surface area contributed by atoms with E-state index in [1.807, 2.05) is 44.2 Å². The Morgan fingerprint density at radius 1 is 0.833 bits per heavy atom. The maximum absolute atomic E-state index is 12.8. The molecule has 2 aromatic carbocycles. The van der Waals surface area contributed by atoms with Gasteiger partial charge in [0.25, 0.3) is 5.89 Å². The van der Waals surface area contributed by atoms with Crippen molar-refractivity contribution in [2.75, 3.05) is 5.32 Å². The van der Waals surface area contributed by atoms with E-state index in [1.54, 1.807) is 19.9 Å². The zero-order chi connectivity index (χ0) is 26.0. The minimum Gasteiger partial charge on any atom is -0.417 e. The Morgan fingerprint density at radius 2 is 1.39 bits per heavy atom. The van der Waals surface area contributed by atoms with Crippen LogP contribution in [0.15, 0.2) is 45.2 Å². The van der Waals surface area contributed by atoms with Gasteiger partial charge < -0.3 is 25.6 Å². The summed E-state index contributed by atoms with van der Waals surface area (Å²) in [7, 11) is 0. The van der Waals surface area contributed by atoms with Crippen molar-refractivity contribution in [2.24, 2.45) is 11.5 Å². The fraction of sp³-hybridized carbons (Fsp3) is 0.280. The van der Waals surface area contributed by atoms with Gasteiger partial charge in [0.15, 0.2) is 0 Å². The standard InChI is InChI=1S/C25H27N7O4/c1-12-16(11-20(33)24-31-29-22(35-24)14(3)26)7-5-8-17(12)18-9-6-10-19(13(18)2)28-21(34)25-32-30-23(36-25)15(4)27/h5-10,14-15H,11,26-27H2,1-4H3,(H,28,34). The highest BCUT2D eigenvalue weighted by Crippen LogP contribution is 2.32. The minimum absolute atomic E-state index is 0.0683. The van der Waals surface area contributed by atoms with Crippen molar-refractivity contribution in [1.29, 1.82) is 0 Å². The van der Waals surface area contributed by atoms with Crippen LogP contribution in [0.1, 0.15) is 75.8 Å². The molecule has 2 atom stereocenters. The summed E-state index contributed by atoms with van der Waals surface area (Å²) in [6.45, 7) is 7.23. The van der Waals surface area contributed by atoms with Crippen LogP contribution in [0.25, 0.3) is 11.1 Å². The number of carbonyl (C=O) groups is 2. The largest absolute Gasteiger partial charge is 0.417 e. The molecule has 4 aromatic rings. The first kappa shape index (κ1) is 24.9. The Hall–Kier alpha value is -4.22. The van der Waals surface area contributed by atoms with E-state index in [0.29, 0.717) is 5.69 Å². The summed E-state index contributed by atoms with van der Waals surface area (Å²) in [6.07, 6.45) is 0.0921. The number of carbonyl (C=O) groups excluding carboxylic acids is 2. The molecule has 0 aliphatic heterocycles. The molecule has 0 spiro atoms. The van der Waals surface area contributed by atoms with Crippen LogP contribution in [0.3, 0.4) is 0 Å². The van der Waals surface area contributed by atoms with Crippen molar-refractivity contribution in [3.8, 4) is 11.1 Å². The van der Waals surface area contributed by atoms with Gasteiger partial charge in [0.2, 0.25) is 17.6 Å². The Bertz CT molecular complexity index is 1310. The number of Topliss-reactive ketones (excluding diaryl/α,β-unsaturated/α-hetero) is 1. The van der Waals surface area contributed by atoms with E-state index in [0.717, 1.165) is 27.8 Å². The SMILES string of the molecule is Cc1c(CC(=O)c2nnc(C(C)N)o2)cccc1-c1cccc(NC(=O)c2nnc(C(C)N)o2)c1C. The van der Waals surface area contributed by atoms with Crippen LogP contribution in [0.2, 0.25) is 0 Å². The molecule has 0 aliphatic carbocycles. The fourth-order valence-electron chi connectivity index (χ4n) is 3.70. The van der Waals surface area contributed by atoms with E-state index in [2.05, 4.69) is 25.7 Å². The van der Waals surface area contributed by atoms with E-state index in [1.165, 1.54) is 0 Å². The quantitative estimate of drug-likeness (QED) is 0.311. The second kappa shape index (κ2) is 10.2. The summed E-state index contributed by atoms with van der Waals surface area (Å²) in [5.41, 5.74) is 16.5. The second-order valence-electron chi connectivity index (χ2n) is 8.59. The van der Waals surface area contributed by atoms with Gasteiger partial charge in [0.05, 0.1) is 12.1 Å². The lowest BCUT2D eigenvalue weighted by atomic mass is 9.91. The topological polar surface area (TPSA) is 176 Å². The van der Waals surface area contributed by atoms with Crippen molar-refractivity contribution < 1.29 is 18.4 Å². The molecule has 1 amide bonds. The molecule has 2 heterocycles. The molecule has 5 N–H and O–H groups in total. The number of amides is 1. The number of benzene rings is 2. The van der Waals surface area contributed by atoms with E-state index in [4.69, 9.17) is 20.3 Å². The molecule has 0 aliphatic rings. The monoisotopic (exact) mass is 489 g/mol. The normalized spacial score (nSPS) is 12.8. The van der Waals surface area contributed by atoms with Crippen molar-refractivity contribution in [3.63, 3.8) is 0 Å². The van der Waals surface area contributed by atoms with Crippen molar-refractivity contribution in [2.45, 2.75) is 46.2 Å². The van der Waals surface area contributed by atoms with Gasteiger partial charge in [-0.2, -0.15) is 0 Å². The number of hydrogen-bond acceptors (Lipinski definition) is 10. The molecular formula is C25H27N7O4. The zero-order valence-electron chi connectivity index (χ0n) is 20.4. The summed E-state index contributed by atoms with van der Waals surface area (Å²) < 4.78 is 10.7. The summed E-state index contributed by atoms with van der Waals surface area (Å²) >= 11 is 0. The first-order valence-corrected chi connectivity index (χ1v) is 11.4. The third-order valence-corrected chi connectivity index (χ3v) is 5.76. The molecule has 11 nitrogen and oxygen atoms in total. The highest BCUT2D eigenvalue weighted by molar-refractivity contribution is 6.02. The number of nitrogens with zero attached hydrogens (tertiary/aromatic N) is 4. The Kier molecular flexibility index (Phi) is 7.04. The van der Waals surface area contributed by atoms with Gasteiger partial charge in [0, 0.05) is 12.1 Å². The van der Waals surface area contributed by atoms with E-state index < -0.39 is 18.0 Å². The average molecular weight is 490 g/mol. The third-order valence-electron chi connectivity index (χ3n) is 5.76. The van der Waals surface area contributed by atoms with Gasteiger partial charge in [-0.3, -0.25) is 9.59 Å². The number of nitrogens with one attached hydrogen (secondary N) is 1. The van der Waals surface area contributed by atoms with Crippen LogP contribution in [0.4, 0.5) is 5.69 Å². The molecular weight excluding hydrogens is 462 g/mol. The molecule has 4 rings (SSSR count). The predicted molar refractivity (Wildman–Crippen MR) is 131 cm³/mol. The number of aromatic nitrogens is 4. The van der Waals surface area contributed by atoms with Crippen LogP contribution in [-0.2, 0) is 6.42 Å². The summed E-state index contributed by atoms with van der Waals surface area (Å²) in [5, 5.41) is 18.0. The predicted octanol–water partition coefficient (Wildman–Crippen LogP) is 3.45. The van der Waals surface area contributed by atoms with Crippen LogP contribution < -0.4 is 16.8 Å². The van der Waals surface area contributed by atoms with Crippen LogP contribution in [-0.4, -0.2) is 32.1 Å². The molecule has 36 heavy (non-hydrogen) atoms. The van der Waals surface area contributed by atoms with Gasteiger partial charge in [-0.05, 0) is 61.6 Å². The van der Waals surface area contributed by atoms with E-state index >= 15 is 0 Å². The molecule has 0 fully saturated rings. The van der Waals surface area contributed by atoms with Crippen molar-refractivity contribution in [1.82, 2.24) is 20.4 Å². The maximum Gasteiger partial charge on any atom is 0.313 e. The fourth-order valence-corrected chi connectivity index (χ4v) is 3.70. The Morgan fingerprint density at radius 3 is 2.00 bits per heavy atom. The van der Waals surface area contributed by atoms with E-state index in [-0.39, 0.29) is 35.8 Å². The minimum atomic E-state index is -0.531. The summed E-state index contributed by atoms with van der Waals surface area (Å²) in [4.78, 5) is 25.4. The molecule has 186 valence electrons. The summed E-state index contributed by atoms with van der Waals surface area (Å²) in [6, 6.07) is 10.4.